The number of hydrogen-bond acceptors (Lipinski definition) is 5. The molecule has 2 unspecified atom stereocenters. The van der Waals surface area contributed by atoms with E-state index in [2.05, 4.69) is 0 Å². The van der Waals surface area contributed by atoms with Crippen molar-refractivity contribution in [1.82, 2.24) is 4.90 Å². The Bertz CT molecular complexity index is 300. The van der Waals surface area contributed by atoms with Gasteiger partial charge in [0.2, 0.25) is 5.91 Å². The highest BCUT2D eigenvalue weighted by Crippen LogP contribution is 2.19. The minimum Gasteiger partial charge on any atom is -0.480 e. The van der Waals surface area contributed by atoms with Gasteiger partial charge in [-0.15, -0.1) is 0 Å². The largest absolute Gasteiger partial charge is 0.480 e. The Morgan fingerprint density at radius 1 is 1.59 bits per heavy atom. The summed E-state index contributed by atoms with van der Waals surface area (Å²) < 4.78 is 0. The number of carboxylic acids is 1. The summed E-state index contributed by atoms with van der Waals surface area (Å²) in [6.07, 6.45) is 1.74. The van der Waals surface area contributed by atoms with Crippen molar-refractivity contribution >= 4 is 23.6 Å². The molecule has 98 valence electrons. The fraction of sp³-hybridized carbons (Fsp3) is 0.800. The van der Waals surface area contributed by atoms with Crippen molar-refractivity contribution in [2.45, 2.75) is 31.0 Å². The van der Waals surface area contributed by atoms with Gasteiger partial charge in [0, 0.05) is 13.0 Å². The molecule has 0 bridgehead atoms. The van der Waals surface area contributed by atoms with Gasteiger partial charge in [0.25, 0.3) is 0 Å². The first-order chi connectivity index (χ1) is 7.97. The molecular weight excluding hydrogens is 244 g/mol. The van der Waals surface area contributed by atoms with Crippen LogP contribution in [0.5, 0.6) is 0 Å². The maximum Gasteiger partial charge on any atom is 0.326 e. The van der Waals surface area contributed by atoms with E-state index >= 15 is 0 Å². The van der Waals surface area contributed by atoms with Gasteiger partial charge in [-0.05, 0) is 18.4 Å². The van der Waals surface area contributed by atoms with Crippen LogP contribution in [0.1, 0.15) is 12.8 Å². The molecule has 7 heteroatoms. The van der Waals surface area contributed by atoms with Crippen LogP contribution in [0, 0.1) is 0 Å². The monoisotopic (exact) mass is 262 g/mol. The molecule has 0 aromatic rings. The fourth-order valence-corrected chi connectivity index (χ4v) is 2.36. The lowest BCUT2D eigenvalue weighted by molar-refractivity contribution is -0.148. The average Bonchev–Trinajstić information content (AvgIpc) is 2.67. The first-order valence-electron chi connectivity index (χ1n) is 5.43. The highest BCUT2D eigenvalue weighted by atomic mass is 32.2. The molecule has 1 amide bonds. The van der Waals surface area contributed by atoms with Gasteiger partial charge in [-0.1, -0.05) is 0 Å². The van der Waals surface area contributed by atoms with E-state index in [1.807, 2.05) is 6.26 Å². The molecule has 1 aliphatic rings. The molecular formula is C10H18N2O4S. The number of aliphatic carboxylic acids is 1. The molecule has 3 atom stereocenters. The molecule has 1 fully saturated rings. The number of carbonyl (C=O) groups excluding carboxylic acids is 1. The zero-order valence-electron chi connectivity index (χ0n) is 9.70. The van der Waals surface area contributed by atoms with Crippen LogP contribution < -0.4 is 5.73 Å². The fourth-order valence-electron chi connectivity index (χ4n) is 1.87. The van der Waals surface area contributed by atoms with Crippen LogP contribution in [0.25, 0.3) is 0 Å². The Morgan fingerprint density at radius 3 is 2.76 bits per heavy atom. The van der Waals surface area contributed by atoms with Crippen molar-refractivity contribution in [2.24, 2.45) is 5.73 Å². The molecule has 1 heterocycles. The van der Waals surface area contributed by atoms with E-state index in [-0.39, 0.29) is 18.9 Å². The number of rotatable bonds is 5. The molecule has 0 aromatic carbocycles. The molecule has 0 radical (unpaired) electrons. The van der Waals surface area contributed by atoms with Crippen LogP contribution in [-0.2, 0) is 9.59 Å². The Balaban J connectivity index is 2.63. The number of nitrogens with two attached hydrogens (primary N) is 1. The minimum absolute atomic E-state index is 0.0583. The van der Waals surface area contributed by atoms with Crippen molar-refractivity contribution in [1.29, 1.82) is 0 Å². The molecule has 1 rings (SSSR count). The van der Waals surface area contributed by atoms with Gasteiger partial charge >= 0.3 is 5.97 Å². The quantitative estimate of drug-likeness (QED) is 0.594. The van der Waals surface area contributed by atoms with Crippen molar-refractivity contribution in [2.75, 3.05) is 18.6 Å². The second-order valence-corrected chi connectivity index (χ2v) is 5.11. The molecule has 6 nitrogen and oxygen atoms in total. The lowest BCUT2D eigenvalue weighted by atomic mass is 10.1. The van der Waals surface area contributed by atoms with E-state index in [1.54, 1.807) is 11.8 Å². The van der Waals surface area contributed by atoms with E-state index in [4.69, 9.17) is 10.8 Å². The van der Waals surface area contributed by atoms with E-state index < -0.39 is 24.2 Å². The van der Waals surface area contributed by atoms with Crippen molar-refractivity contribution in [3.05, 3.63) is 0 Å². The van der Waals surface area contributed by atoms with Gasteiger partial charge < -0.3 is 20.8 Å². The number of thioether (sulfide) groups is 1. The topological polar surface area (TPSA) is 104 Å². The molecule has 17 heavy (non-hydrogen) atoms. The SMILES string of the molecule is CSCC[C@H](N)C(=O)N1CC(O)CC1C(=O)O. The molecule has 0 spiro atoms. The van der Waals surface area contributed by atoms with Crippen molar-refractivity contribution in [3.8, 4) is 0 Å². The lowest BCUT2D eigenvalue weighted by Crippen LogP contribution is -2.48. The van der Waals surface area contributed by atoms with Gasteiger partial charge in [-0.2, -0.15) is 11.8 Å². The Morgan fingerprint density at radius 2 is 2.24 bits per heavy atom. The number of nitrogens with zero attached hydrogens (tertiary/aromatic N) is 1. The smallest absolute Gasteiger partial charge is 0.326 e. The molecule has 1 saturated heterocycles. The van der Waals surface area contributed by atoms with E-state index in [9.17, 15) is 14.7 Å². The van der Waals surface area contributed by atoms with Crippen LogP contribution >= 0.6 is 11.8 Å². The van der Waals surface area contributed by atoms with Crippen molar-refractivity contribution in [3.63, 3.8) is 0 Å². The van der Waals surface area contributed by atoms with Gasteiger partial charge in [0.05, 0.1) is 12.1 Å². The van der Waals surface area contributed by atoms with Gasteiger partial charge in [0.1, 0.15) is 6.04 Å². The molecule has 0 saturated carbocycles. The Hall–Kier alpha value is -0.790. The summed E-state index contributed by atoms with van der Waals surface area (Å²) >= 11 is 1.58. The molecule has 0 aromatic heterocycles. The van der Waals surface area contributed by atoms with E-state index in [0.717, 1.165) is 5.75 Å². The Kier molecular flexibility index (Phi) is 5.23. The number of hydrogen-bond donors (Lipinski definition) is 3. The highest BCUT2D eigenvalue weighted by molar-refractivity contribution is 7.98. The van der Waals surface area contributed by atoms with Crippen LogP contribution in [0.3, 0.4) is 0 Å². The minimum atomic E-state index is -1.09. The zero-order valence-corrected chi connectivity index (χ0v) is 10.5. The summed E-state index contributed by atoms with van der Waals surface area (Å²) in [7, 11) is 0. The molecule has 4 N–H and O–H groups in total. The number of carbonyl (C=O) groups is 2. The second kappa shape index (κ2) is 6.23. The molecule has 1 aliphatic heterocycles. The maximum atomic E-state index is 11.9. The van der Waals surface area contributed by atoms with Crippen LogP contribution in [0.15, 0.2) is 0 Å². The number of likely N-dealkylation sites (tertiary alicyclic amines) is 1. The third kappa shape index (κ3) is 3.58. The molecule has 0 aliphatic carbocycles. The number of aliphatic hydroxyl groups is 1. The normalized spacial score (nSPS) is 25.9. The third-order valence-corrected chi connectivity index (χ3v) is 3.44. The van der Waals surface area contributed by atoms with Crippen LogP contribution in [0.2, 0.25) is 0 Å². The zero-order chi connectivity index (χ0) is 13.0. The summed E-state index contributed by atoms with van der Waals surface area (Å²) in [6, 6.07) is -1.63. The first-order valence-corrected chi connectivity index (χ1v) is 6.82. The number of carboxylic acid groups (broad SMARTS) is 1. The number of amides is 1. The van der Waals surface area contributed by atoms with E-state index in [1.165, 1.54) is 4.90 Å². The summed E-state index contributed by atoms with van der Waals surface area (Å²) in [5, 5.41) is 18.4. The summed E-state index contributed by atoms with van der Waals surface area (Å²) in [5.74, 6) is -0.726. The number of β-amino-alcohol motifs (C(OH)–C–C–N with tert-alkyl or cyclic N) is 1. The van der Waals surface area contributed by atoms with Gasteiger partial charge in [-0.25, -0.2) is 4.79 Å². The summed E-state index contributed by atoms with van der Waals surface area (Å²) in [5.41, 5.74) is 5.71. The van der Waals surface area contributed by atoms with Crippen LogP contribution in [-0.4, -0.2) is 63.7 Å². The summed E-state index contributed by atoms with van der Waals surface area (Å²) in [4.78, 5) is 24.1. The standard InChI is InChI=1S/C10H18N2O4S/c1-17-3-2-7(11)9(14)12-5-6(13)4-8(12)10(15)16/h6-8,13H,2-5,11H2,1H3,(H,15,16)/t6?,7-,8?/m0/s1. The average molecular weight is 262 g/mol. The van der Waals surface area contributed by atoms with Gasteiger partial charge in [0.15, 0.2) is 0 Å². The van der Waals surface area contributed by atoms with Crippen LogP contribution in [0.4, 0.5) is 0 Å². The third-order valence-electron chi connectivity index (χ3n) is 2.80. The lowest BCUT2D eigenvalue weighted by Gasteiger charge is -2.24. The van der Waals surface area contributed by atoms with Gasteiger partial charge in [-0.3, -0.25) is 4.79 Å². The van der Waals surface area contributed by atoms with Crippen molar-refractivity contribution < 1.29 is 19.8 Å². The Labute approximate surface area is 104 Å². The predicted octanol–water partition coefficient (Wildman–Crippen LogP) is -0.887. The number of aliphatic hydroxyl groups excluding tert-OH is 1. The predicted molar refractivity (Wildman–Crippen MR) is 64.7 cm³/mol. The van der Waals surface area contributed by atoms with E-state index in [0.29, 0.717) is 6.42 Å². The summed E-state index contributed by atoms with van der Waals surface area (Å²) in [6.45, 7) is 0.0583. The first kappa shape index (κ1) is 14.3. The maximum absolute atomic E-state index is 11.9. The highest BCUT2D eigenvalue weighted by Gasteiger charge is 2.40. The second-order valence-electron chi connectivity index (χ2n) is 4.12.